The maximum Gasteiger partial charge on any atom is 0.327 e. The number of thioether (sulfide) groups is 1. The highest BCUT2D eigenvalue weighted by Crippen LogP contribution is 2.33. The lowest BCUT2D eigenvalue weighted by Gasteiger charge is -2.26. The standard InChI is InChI=1S/C11H13NO3S2/c1-2-9-12(7(6-17-9)11(14)15)10(13)8-4-3-5-16-8/h3-5,7,9H,2,6H2,1H3,(H,14,15). The number of hydrogen-bond acceptors (Lipinski definition) is 4. The Morgan fingerprint density at radius 3 is 2.88 bits per heavy atom. The van der Waals surface area contributed by atoms with E-state index in [1.165, 1.54) is 16.2 Å². The number of rotatable bonds is 3. The van der Waals surface area contributed by atoms with Crippen molar-refractivity contribution in [3.05, 3.63) is 22.4 Å². The van der Waals surface area contributed by atoms with Gasteiger partial charge in [-0.3, -0.25) is 4.79 Å². The molecule has 2 atom stereocenters. The summed E-state index contributed by atoms with van der Waals surface area (Å²) in [6.45, 7) is 1.97. The van der Waals surface area contributed by atoms with Crippen LogP contribution in [0.4, 0.5) is 0 Å². The molecule has 17 heavy (non-hydrogen) atoms. The third-order valence-corrected chi connectivity index (χ3v) is 5.00. The molecule has 2 rings (SSSR count). The number of carboxylic acids is 1. The molecule has 1 aromatic heterocycles. The number of aliphatic carboxylic acids is 1. The maximum absolute atomic E-state index is 12.3. The number of thiophene rings is 1. The van der Waals surface area contributed by atoms with Gasteiger partial charge in [-0.1, -0.05) is 13.0 Å². The second-order valence-corrected chi connectivity index (χ2v) is 5.90. The van der Waals surface area contributed by atoms with Gasteiger partial charge in [0.05, 0.1) is 10.3 Å². The molecular formula is C11H13NO3S2. The number of hydrogen-bond donors (Lipinski definition) is 1. The fourth-order valence-corrected chi connectivity index (χ4v) is 3.88. The van der Waals surface area contributed by atoms with Crippen molar-refractivity contribution in [3.63, 3.8) is 0 Å². The minimum absolute atomic E-state index is 0.0225. The monoisotopic (exact) mass is 271 g/mol. The van der Waals surface area contributed by atoms with Gasteiger partial charge in [-0.25, -0.2) is 4.79 Å². The predicted octanol–water partition coefficient (Wildman–Crippen LogP) is 2.13. The van der Waals surface area contributed by atoms with E-state index in [9.17, 15) is 9.59 Å². The first-order chi connectivity index (χ1) is 8.15. The Hall–Kier alpha value is -1.01. The molecule has 0 spiro atoms. The summed E-state index contributed by atoms with van der Waals surface area (Å²) in [5, 5.41) is 10.9. The molecule has 1 aliphatic heterocycles. The fraction of sp³-hybridized carbons (Fsp3) is 0.455. The summed E-state index contributed by atoms with van der Waals surface area (Å²) in [6, 6.07) is 2.85. The zero-order valence-corrected chi connectivity index (χ0v) is 11.0. The third-order valence-electron chi connectivity index (χ3n) is 2.69. The van der Waals surface area contributed by atoms with E-state index in [0.29, 0.717) is 10.6 Å². The van der Waals surface area contributed by atoms with Crippen molar-refractivity contribution >= 4 is 35.0 Å². The molecule has 0 radical (unpaired) electrons. The summed E-state index contributed by atoms with van der Waals surface area (Å²) in [4.78, 5) is 25.5. The number of amides is 1. The first kappa shape index (κ1) is 12.4. The van der Waals surface area contributed by atoms with E-state index >= 15 is 0 Å². The summed E-state index contributed by atoms with van der Waals surface area (Å²) in [5.41, 5.74) is 0. The Balaban J connectivity index is 2.25. The smallest absolute Gasteiger partial charge is 0.327 e. The van der Waals surface area contributed by atoms with Gasteiger partial charge in [0.25, 0.3) is 5.91 Å². The lowest BCUT2D eigenvalue weighted by molar-refractivity contribution is -0.141. The van der Waals surface area contributed by atoms with Crippen LogP contribution in [0.3, 0.4) is 0 Å². The van der Waals surface area contributed by atoms with Gasteiger partial charge in [0.2, 0.25) is 0 Å². The molecule has 2 heterocycles. The van der Waals surface area contributed by atoms with Gasteiger partial charge in [0.1, 0.15) is 6.04 Å². The minimum Gasteiger partial charge on any atom is -0.480 e. The van der Waals surface area contributed by atoms with Crippen molar-refractivity contribution in [1.82, 2.24) is 4.90 Å². The van der Waals surface area contributed by atoms with Crippen molar-refractivity contribution in [1.29, 1.82) is 0 Å². The molecule has 0 aliphatic carbocycles. The van der Waals surface area contributed by atoms with E-state index in [1.54, 1.807) is 23.9 Å². The second kappa shape index (κ2) is 5.10. The van der Waals surface area contributed by atoms with Crippen LogP contribution in [0.15, 0.2) is 17.5 Å². The van der Waals surface area contributed by atoms with Crippen LogP contribution in [0.5, 0.6) is 0 Å². The Labute approximate surface area is 108 Å². The highest BCUT2D eigenvalue weighted by molar-refractivity contribution is 8.00. The predicted molar refractivity (Wildman–Crippen MR) is 68.4 cm³/mol. The first-order valence-corrected chi connectivity index (χ1v) is 7.28. The van der Waals surface area contributed by atoms with Crippen LogP contribution < -0.4 is 0 Å². The molecular weight excluding hydrogens is 258 g/mol. The lowest BCUT2D eigenvalue weighted by Crippen LogP contribution is -2.45. The van der Waals surface area contributed by atoms with Gasteiger partial charge in [0.15, 0.2) is 0 Å². The highest BCUT2D eigenvalue weighted by Gasteiger charge is 2.41. The van der Waals surface area contributed by atoms with Crippen LogP contribution >= 0.6 is 23.1 Å². The molecule has 4 nitrogen and oxygen atoms in total. The van der Waals surface area contributed by atoms with E-state index < -0.39 is 12.0 Å². The number of carbonyl (C=O) groups excluding carboxylic acids is 1. The highest BCUT2D eigenvalue weighted by atomic mass is 32.2. The van der Waals surface area contributed by atoms with Crippen LogP contribution in [0, 0.1) is 0 Å². The Kier molecular flexibility index (Phi) is 3.73. The van der Waals surface area contributed by atoms with E-state index in [4.69, 9.17) is 5.11 Å². The van der Waals surface area contributed by atoms with E-state index in [-0.39, 0.29) is 11.3 Å². The summed E-state index contributed by atoms with van der Waals surface area (Å²) in [5.74, 6) is -0.604. The lowest BCUT2D eigenvalue weighted by atomic mass is 10.2. The van der Waals surface area contributed by atoms with Gasteiger partial charge in [-0.2, -0.15) is 0 Å². The molecule has 1 N–H and O–H groups in total. The molecule has 1 aromatic rings. The average molecular weight is 271 g/mol. The molecule has 6 heteroatoms. The average Bonchev–Trinajstić information content (AvgIpc) is 2.96. The topological polar surface area (TPSA) is 57.6 Å². The summed E-state index contributed by atoms with van der Waals surface area (Å²) < 4.78 is 0. The van der Waals surface area contributed by atoms with Crippen LogP contribution in [0.1, 0.15) is 23.0 Å². The molecule has 0 aromatic carbocycles. The largest absolute Gasteiger partial charge is 0.480 e. The molecule has 1 aliphatic rings. The van der Waals surface area contributed by atoms with Crippen molar-refractivity contribution in [2.24, 2.45) is 0 Å². The molecule has 92 valence electrons. The first-order valence-electron chi connectivity index (χ1n) is 5.35. The Bertz CT molecular complexity index is 418. The SMILES string of the molecule is CCC1SCC(C(=O)O)N1C(=O)c1cccs1. The van der Waals surface area contributed by atoms with Crippen LogP contribution in [-0.4, -0.2) is 39.1 Å². The maximum atomic E-state index is 12.3. The van der Waals surface area contributed by atoms with Gasteiger partial charge in [-0.15, -0.1) is 23.1 Å². The minimum atomic E-state index is -0.918. The number of carbonyl (C=O) groups is 2. The Morgan fingerprint density at radius 2 is 2.35 bits per heavy atom. The zero-order chi connectivity index (χ0) is 12.4. The number of nitrogens with zero attached hydrogens (tertiary/aromatic N) is 1. The van der Waals surface area contributed by atoms with E-state index in [1.807, 2.05) is 12.3 Å². The normalized spacial score (nSPS) is 23.9. The molecule has 0 bridgehead atoms. The van der Waals surface area contributed by atoms with Gasteiger partial charge >= 0.3 is 5.97 Å². The fourth-order valence-electron chi connectivity index (χ4n) is 1.87. The van der Waals surface area contributed by atoms with Crippen LogP contribution in [0.2, 0.25) is 0 Å². The Morgan fingerprint density at radius 1 is 1.59 bits per heavy atom. The molecule has 2 unspecified atom stereocenters. The second-order valence-electron chi connectivity index (χ2n) is 3.74. The van der Waals surface area contributed by atoms with Crippen molar-refractivity contribution < 1.29 is 14.7 Å². The van der Waals surface area contributed by atoms with Gasteiger partial charge in [-0.05, 0) is 17.9 Å². The quantitative estimate of drug-likeness (QED) is 0.915. The molecule has 1 amide bonds. The number of carboxylic acid groups (broad SMARTS) is 1. The zero-order valence-electron chi connectivity index (χ0n) is 9.33. The van der Waals surface area contributed by atoms with Crippen LogP contribution in [0.25, 0.3) is 0 Å². The summed E-state index contributed by atoms with van der Waals surface area (Å²) >= 11 is 2.89. The van der Waals surface area contributed by atoms with Crippen molar-refractivity contribution in [3.8, 4) is 0 Å². The van der Waals surface area contributed by atoms with Crippen molar-refractivity contribution in [2.75, 3.05) is 5.75 Å². The molecule has 1 fully saturated rings. The van der Waals surface area contributed by atoms with Gasteiger partial charge < -0.3 is 10.0 Å². The van der Waals surface area contributed by atoms with E-state index in [2.05, 4.69) is 0 Å². The van der Waals surface area contributed by atoms with Crippen molar-refractivity contribution in [2.45, 2.75) is 24.8 Å². The molecule has 1 saturated heterocycles. The summed E-state index contributed by atoms with van der Waals surface area (Å²) in [7, 11) is 0. The molecule has 0 saturated carbocycles. The van der Waals surface area contributed by atoms with Gasteiger partial charge in [0, 0.05) is 5.75 Å². The third kappa shape index (κ3) is 2.32. The summed E-state index contributed by atoms with van der Waals surface area (Å²) in [6.07, 6.45) is 0.769. The van der Waals surface area contributed by atoms with Crippen LogP contribution in [-0.2, 0) is 4.79 Å². The van der Waals surface area contributed by atoms with E-state index in [0.717, 1.165) is 6.42 Å².